The fourth-order valence-electron chi connectivity index (χ4n) is 1.30. The highest BCUT2D eigenvalue weighted by molar-refractivity contribution is 7.11. The van der Waals surface area contributed by atoms with Gasteiger partial charge in [0.2, 0.25) is 5.78 Å². The Labute approximate surface area is 111 Å². The van der Waals surface area contributed by atoms with Crippen LogP contribution in [0.25, 0.3) is 0 Å². The standard InChI is InChI=1S/C12H18N2O3S/c1-5-8(9(15)10-13-6-7-18-10)14-11(16)17-12(2,3)4/h6-8H,5H2,1-4H3,(H,14,16)/t8-/m1/s1. The molecule has 0 saturated carbocycles. The Morgan fingerprint density at radius 1 is 1.50 bits per heavy atom. The molecule has 0 radical (unpaired) electrons. The van der Waals surface area contributed by atoms with Crippen molar-refractivity contribution in [2.75, 3.05) is 0 Å². The van der Waals surface area contributed by atoms with Crippen molar-refractivity contribution in [3.63, 3.8) is 0 Å². The highest BCUT2D eigenvalue weighted by Gasteiger charge is 2.25. The van der Waals surface area contributed by atoms with Crippen molar-refractivity contribution in [3.05, 3.63) is 16.6 Å². The number of hydrogen-bond acceptors (Lipinski definition) is 5. The number of carbonyl (C=O) groups is 2. The first-order valence-electron chi connectivity index (χ1n) is 5.76. The van der Waals surface area contributed by atoms with Crippen LogP contribution in [0.4, 0.5) is 4.79 Å². The van der Waals surface area contributed by atoms with E-state index in [1.165, 1.54) is 11.3 Å². The quantitative estimate of drug-likeness (QED) is 0.854. The molecule has 5 nitrogen and oxygen atoms in total. The first-order valence-corrected chi connectivity index (χ1v) is 6.64. The van der Waals surface area contributed by atoms with Gasteiger partial charge >= 0.3 is 6.09 Å². The maximum absolute atomic E-state index is 12.0. The predicted molar refractivity (Wildman–Crippen MR) is 69.9 cm³/mol. The Kier molecular flexibility index (Phi) is 4.84. The largest absolute Gasteiger partial charge is 0.444 e. The van der Waals surface area contributed by atoms with E-state index in [0.717, 1.165) is 0 Å². The Bertz CT molecular complexity index is 409. The minimum Gasteiger partial charge on any atom is -0.444 e. The number of ketones is 1. The number of aromatic nitrogens is 1. The van der Waals surface area contributed by atoms with Crippen molar-refractivity contribution in [3.8, 4) is 0 Å². The third-order valence-electron chi connectivity index (χ3n) is 2.06. The molecule has 1 aromatic rings. The van der Waals surface area contributed by atoms with E-state index in [1.54, 1.807) is 32.3 Å². The van der Waals surface area contributed by atoms with Crippen molar-refractivity contribution in [1.82, 2.24) is 10.3 Å². The summed E-state index contributed by atoms with van der Waals surface area (Å²) in [7, 11) is 0. The summed E-state index contributed by atoms with van der Waals surface area (Å²) in [6, 6.07) is -0.592. The van der Waals surface area contributed by atoms with Gasteiger partial charge in [-0.15, -0.1) is 11.3 Å². The maximum Gasteiger partial charge on any atom is 0.408 e. The van der Waals surface area contributed by atoms with Crippen LogP contribution in [0.2, 0.25) is 0 Å². The van der Waals surface area contributed by atoms with Crippen molar-refractivity contribution < 1.29 is 14.3 Å². The number of thiazole rings is 1. The van der Waals surface area contributed by atoms with Gasteiger partial charge in [0, 0.05) is 11.6 Å². The normalized spacial score (nSPS) is 12.9. The lowest BCUT2D eigenvalue weighted by atomic mass is 10.1. The van der Waals surface area contributed by atoms with Crippen LogP contribution in [-0.4, -0.2) is 28.5 Å². The van der Waals surface area contributed by atoms with Gasteiger partial charge in [-0.25, -0.2) is 9.78 Å². The maximum atomic E-state index is 12.0. The summed E-state index contributed by atoms with van der Waals surface area (Å²) in [5.41, 5.74) is -0.577. The second kappa shape index (κ2) is 5.95. The third kappa shape index (κ3) is 4.44. The van der Waals surface area contributed by atoms with E-state index in [4.69, 9.17) is 4.74 Å². The SMILES string of the molecule is CC[C@@H](NC(=O)OC(C)(C)C)C(=O)c1nccs1. The molecular weight excluding hydrogens is 252 g/mol. The average molecular weight is 270 g/mol. The molecule has 1 N–H and O–H groups in total. The van der Waals surface area contributed by atoms with Crippen LogP contribution in [0, 0.1) is 0 Å². The summed E-state index contributed by atoms with van der Waals surface area (Å²) in [5.74, 6) is -0.182. The van der Waals surface area contributed by atoms with Crippen LogP contribution in [0.5, 0.6) is 0 Å². The summed E-state index contributed by atoms with van der Waals surface area (Å²) in [6.07, 6.45) is 1.48. The number of nitrogens with one attached hydrogen (secondary N) is 1. The highest BCUT2D eigenvalue weighted by atomic mass is 32.1. The van der Waals surface area contributed by atoms with E-state index in [-0.39, 0.29) is 5.78 Å². The number of amides is 1. The Morgan fingerprint density at radius 2 is 2.17 bits per heavy atom. The predicted octanol–water partition coefficient (Wildman–Crippen LogP) is 2.63. The van der Waals surface area contributed by atoms with Crippen molar-refractivity contribution in [2.24, 2.45) is 0 Å². The summed E-state index contributed by atoms with van der Waals surface area (Å²) >= 11 is 1.26. The molecule has 0 fully saturated rings. The van der Waals surface area contributed by atoms with Gasteiger partial charge in [0.1, 0.15) is 5.60 Å². The lowest BCUT2D eigenvalue weighted by Crippen LogP contribution is -2.43. The minimum atomic E-state index is -0.592. The lowest BCUT2D eigenvalue weighted by Gasteiger charge is -2.22. The highest BCUT2D eigenvalue weighted by Crippen LogP contribution is 2.11. The van der Waals surface area contributed by atoms with E-state index >= 15 is 0 Å². The molecule has 1 heterocycles. The molecule has 1 aromatic heterocycles. The second-order valence-electron chi connectivity index (χ2n) is 4.81. The van der Waals surface area contributed by atoms with E-state index in [9.17, 15) is 9.59 Å². The van der Waals surface area contributed by atoms with Crippen LogP contribution in [0.3, 0.4) is 0 Å². The van der Waals surface area contributed by atoms with Crippen molar-refractivity contribution >= 4 is 23.2 Å². The molecule has 0 aliphatic heterocycles. The molecule has 1 amide bonds. The zero-order valence-corrected chi connectivity index (χ0v) is 11.8. The van der Waals surface area contributed by atoms with Crippen molar-refractivity contribution in [1.29, 1.82) is 0 Å². The zero-order valence-electron chi connectivity index (χ0n) is 11.0. The van der Waals surface area contributed by atoms with Crippen LogP contribution in [-0.2, 0) is 4.74 Å². The first kappa shape index (κ1) is 14.6. The Hall–Kier alpha value is -1.43. The molecule has 0 spiro atoms. The summed E-state index contributed by atoms with van der Waals surface area (Å²) in [5, 5.41) is 4.70. The molecule has 0 saturated heterocycles. The molecule has 0 bridgehead atoms. The zero-order chi connectivity index (χ0) is 13.8. The Balaban J connectivity index is 2.63. The second-order valence-corrected chi connectivity index (χ2v) is 5.70. The van der Waals surface area contributed by atoms with Crippen molar-refractivity contribution in [2.45, 2.75) is 45.8 Å². The molecule has 0 unspecified atom stereocenters. The number of Topliss-reactive ketones (excluding diaryl/α,β-unsaturated/α-hetero) is 1. The van der Waals surface area contributed by atoms with Gasteiger partial charge in [-0.1, -0.05) is 6.92 Å². The van der Waals surface area contributed by atoms with E-state index in [2.05, 4.69) is 10.3 Å². The molecule has 6 heteroatoms. The molecule has 18 heavy (non-hydrogen) atoms. The fraction of sp³-hybridized carbons (Fsp3) is 0.583. The number of alkyl carbamates (subject to hydrolysis) is 1. The summed E-state index contributed by atoms with van der Waals surface area (Å²) < 4.78 is 5.12. The van der Waals surface area contributed by atoms with Gasteiger partial charge in [0.15, 0.2) is 5.01 Å². The number of rotatable bonds is 4. The monoisotopic (exact) mass is 270 g/mol. The van der Waals surface area contributed by atoms with E-state index in [1.807, 2.05) is 6.92 Å². The van der Waals surface area contributed by atoms with E-state index in [0.29, 0.717) is 11.4 Å². The van der Waals surface area contributed by atoms with Gasteiger partial charge in [-0.3, -0.25) is 4.79 Å². The number of carbonyl (C=O) groups excluding carboxylic acids is 2. The van der Waals surface area contributed by atoms with Crippen LogP contribution in [0.15, 0.2) is 11.6 Å². The topological polar surface area (TPSA) is 68.3 Å². The molecule has 0 aliphatic rings. The molecule has 1 rings (SSSR count). The van der Waals surface area contributed by atoms with Crippen LogP contribution < -0.4 is 5.32 Å². The number of ether oxygens (including phenoxy) is 1. The molecule has 1 atom stereocenters. The van der Waals surface area contributed by atoms with Crippen LogP contribution in [0.1, 0.15) is 43.9 Å². The van der Waals surface area contributed by atoms with Gasteiger partial charge in [0.25, 0.3) is 0 Å². The lowest BCUT2D eigenvalue weighted by molar-refractivity contribution is 0.0490. The molecular formula is C12H18N2O3S. The smallest absolute Gasteiger partial charge is 0.408 e. The van der Waals surface area contributed by atoms with E-state index < -0.39 is 17.7 Å². The van der Waals surface area contributed by atoms with Gasteiger partial charge in [-0.2, -0.15) is 0 Å². The fourth-order valence-corrected chi connectivity index (χ4v) is 1.93. The average Bonchev–Trinajstić information content (AvgIpc) is 2.75. The Morgan fingerprint density at radius 3 is 2.61 bits per heavy atom. The molecule has 0 aromatic carbocycles. The molecule has 0 aliphatic carbocycles. The number of hydrogen-bond donors (Lipinski definition) is 1. The minimum absolute atomic E-state index is 0.182. The van der Waals surface area contributed by atoms with Crippen LogP contribution >= 0.6 is 11.3 Å². The van der Waals surface area contributed by atoms with Gasteiger partial charge < -0.3 is 10.1 Å². The van der Waals surface area contributed by atoms with Gasteiger partial charge in [-0.05, 0) is 27.2 Å². The molecule has 100 valence electrons. The first-order chi connectivity index (χ1) is 8.33. The third-order valence-corrected chi connectivity index (χ3v) is 2.85. The summed E-state index contributed by atoms with van der Waals surface area (Å²) in [6.45, 7) is 7.15. The summed E-state index contributed by atoms with van der Waals surface area (Å²) in [4.78, 5) is 27.6. The number of nitrogens with zero attached hydrogens (tertiary/aromatic N) is 1. The van der Waals surface area contributed by atoms with Gasteiger partial charge in [0.05, 0.1) is 6.04 Å².